The molecule has 1 heterocycles. The maximum atomic E-state index is 10.5. The largest absolute Gasteiger partial charge is 0.342 e. The van der Waals surface area contributed by atoms with Gasteiger partial charge < -0.3 is 5.32 Å². The Morgan fingerprint density at radius 1 is 1.69 bits per heavy atom. The minimum absolute atomic E-state index is 0.0429. The van der Waals surface area contributed by atoms with Crippen molar-refractivity contribution in [3.8, 4) is 0 Å². The van der Waals surface area contributed by atoms with E-state index in [0.717, 1.165) is 0 Å². The third kappa shape index (κ3) is 3.01. The molecule has 0 aromatic carbocycles. The summed E-state index contributed by atoms with van der Waals surface area (Å²) in [5.74, 6) is 0. The molecule has 0 aliphatic heterocycles. The lowest BCUT2D eigenvalue weighted by atomic mass is 9.92. The number of rotatable bonds is 3. The van der Waals surface area contributed by atoms with E-state index in [0.29, 0.717) is 6.54 Å². The molecular weight excluding hydrogens is 206 g/mol. The number of nitrogens with one attached hydrogen (secondary N) is 1. The Kier molecular flexibility index (Phi) is 3.33. The third-order valence-electron chi connectivity index (χ3n) is 1.86. The fourth-order valence-electron chi connectivity index (χ4n) is 1.04. The summed E-state index contributed by atoms with van der Waals surface area (Å²) < 4.78 is 0. The molecule has 0 unspecified atom stereocenters. The zero-order valence-corrected chi connectivity index (χ0v) is 9.21. The predicted molar refractivity (Wildman–Crippen MR) is 56.6 cm³/mol. The van der Waals surface area contributed by atoms with Gasteiger partial charge in [-0.3, -0.25) is 4.79 Å². The number of halogens is 1. The van der Waals surface area contributed by atoms with Crippen LogP contribution in [-0.4, -0.2) is 11.9 Å². The van der Waals surface area contributed by atoms with E-state index in [-0.39, 0.29) is 5.41 Å². The molecule has 0 saturated heterocycles. The molecule has 0 aliphatic rings. The Hall–Kier alpha value is -0.540. The van der Waals surface area contributed by atoms with Crippen LogP contribution in [0, 0.1) is 0 Å². The van der Waals surface area contributed by atoms with E-state index in [4.69, 9.17) is 11.6 Å². The maximum Gasteiger partial charge on any atom is 0.313 e. The van der Waals surface area contributed by atoms with Gasteiger partial charge in [-0.15, -0.1) is 11.3 Å². The first-order valence-corrected chi connectivity index (χ1v) is 5.25. The van der Waals surface area contributed by atoms with Crippen LogP contribution >= 0.6 is 22.9 Å². The van der Waals surface area contributed by atoms with Crippen LogP contribution < -0.4 is 5.32 Å². The van der Waals surface area contributed by atoms with E-state index < -0.39 is 5.37 Å². The van der Waals surface area contributed by atoms with Gasteiger partial charge in [-0.1, -0.05) is 19.9 Å². The van der Waals surface area contributed by atoms with E-state index >= 15 is 0 Å². The average Bonchev–Trinajstić information content (AvgIpc) is 2.53. The van der Waals surface area contributed by atoms with E-state index in [1.54, 1.807) is 11.3 Å². The molecule has 1 aromatic heterocycles. The van der Waals surface area contributed by atoms with Crippen molar-refractivity contribution in [1.82, 2.24) is 5.32 Å². The Balaban J connectivity index is 2.61. The van der Waals surface area contributed by atoms with Crippen LogP contribution in [0.1, 0.15) is 18.7 Å². The number of carbonyl (C=O) groups excluding carboxylic acids is 1. The van der Waals surface area contributed by atoms with Crippen molar-refractivity contribution < 1.29 is 4.79 Å². The second-order valence-electron chi connectivity index (χ2n) is 3.49. The van der Waals surface area contributed by atoms with E-state index in [1.807, 2.05) is 11.4 Å². The topological polar surface area (TPSA) is 29.1 Å². The summed E-state index contributed by atoms with van der Waals surface area (Å²) in [4.78, 5) is 11.8. The SMILES string of the molecule is CC(C)(CNC(=O)Cl)c1cccs1. The molecular formula is C9H12ClNOS. The fraction of sp³-hybridized carbons (Fsp3) is 0.444. The normalized spacial score (nSPS) is 11.3. The molecule has 0 atom stereocenters. The molecule has 4 heteroatoms. The zero-order chi connectivity index (χ0) is 9.90. The van der Waals surface area contributed by atoms with Gasteiger partial charge in [0, 0.05) is 16.8 Å². The molecule has 1 N–H and O–H groups in total. The van der Waals surface area contributed by atoms with Crippen LogP contribution in [0.2, 0.25) is 0 Å². The van der Waals surface area contributed by atoms with E-state index in [2.05, 4.69) is 25.2 Å². The van der Waals surface area contributed by atoms with Gasteiger partial charge >= 0.3 is 5.37 Å². The highest BCUT2D eigenvalue weighted by molar-refractivity contribution is 7.10. The maximum absolute atomic E-state index is 10.5. The molecule has 1 aromatic rings. The second kappa shape index (κ2) is 4.11. The number of hydrogen-bond donors (Lipinski definition) is 1. The van der Waals surface area contributed by atoms with Gasteiger partial charge in [-0.25, -0.2) is 0 Å². The smallest absolute Gasteiger partial charge is 0.313 e. The molecule has 1 rings (SSSR count). The number of hydrogen-bond acceptors (Lipinski definition) is 2. The Morgan fingerprint density at radius 2 is 2.38 bits per heavy atom. The van der Waals surface area contributed by atoms with Gasteiger partial charge in [0.1, 0.15) is 0 Å². The minimum atomic E-state index is -0.496. The van der Waals surface area contributed by atoms with E-state index in [9.17, 15) is 4.79 Å². The lowest BCUT2D eigenvalue weighted by Crippen LogP contribution is -2.33. The average molecular weight is 218 g/mol. The van der Waals surface area contributed by atoms with Crippen LogP contribution in [0.15, 0.2) is 17.5 Å². The van der Waals surface area contributed by atoms with E-state index in [1.165, 1.54) is 4.88 Å². The first-order valence-electron chi connectivity index (χ1n) is 4.00. The Bertz CT molecular complexity index is 282. The van der Waals surface area contributed by atoms with Gasteiger partial charge in [0.25, 0.3) is 0 Å². The molecule has 13 heavy (non-hydrogen) atoms. The minimum Gasteiger partial charge on any atom is -0.342 e. The van der Waals surface area contributed by atoms with Crippen LogP contribution in [-0.2, 0) is 5.41 Å². The van der Waals surface area contributed by atoms with Gasteiger partial charge in [0.2, 0.25) is 0 Å². The van der Waals surface area contributed by atoms with Crippen molar-refractivity contribution in [2.45, 2.75) is 19.3 Å². The summed E-state index contributed by atoms with van der Waals surface area (Å²) in [5, 5.41) is 4.14. The summed E-state index contributed by atoms with van der Waals surface area (Å²) in [7, 11) is 0. The van der Waals surface area contributed by atoms with Crippen molar-refractivity contribution in [2.75, 3.05) is 6.54 Å². The zero-order valence-electron chi connectivity index (χ0n) is 7.63. The molecule has 0 aliphatic carbocycles. The monoisotopic (exact) mass is 217 g/mol. The predicted octanol–water partition coefficient (Wildman–Crippen LogP) is 2.97. The first kappa shape index (κ1) is 10.5. The third-order valence-corrected chi connectivity index (χ3v) is 3.23. The van der Waals surface area contributed by atoms with Gasteiger partial charge in [-0.05, 0) is 23.0 Å². The highest BCUT2D eigenvalue weighted by Gasteiger charge is 2.21. The second-order valence-corrected chi connectivity index (χ2v) is 4.78. The van der Waals surface area contributed by atoms with Gasteiger partial charge in [0.05, 0.1) is 0 Å². The molecule has 0 fully saturated rings. The van der Waals surface area contributed by atoms with Gasteiger partial charge in [0.15, 0.2) is 0 Å². The lowest BCUT2D eigenvalue weighted by molar-refractivity contribution is 0.257. The molecule has 0 saturated carbocycles. The number of amides is 1. The first-order chi connectivity index (χ1) is 6.02. The van der Waals surface area contributed by atoms with Crippen molar-refractivity contribution in [1.29, 1.82) is 0 Å². The van der Waals surface area contributed by atoms with Crippen LogP contribution in [0.3, 0.4) is 0 Å². The number of carbonyl (C=O) groups is 1. The van der Waals surface area contributed by atoms with Crippen LogP contribution in [0.25, 0.3) is 0 Å². The number of thiophene rings is 1. The van der Waals surface area contributed by atoms with Crippen molar-refractivity contribution in [3.05, 3.63) is 22.4 Å². The highest BCUT2D eigenvalue weighted by Crippen LogP contribution is 2.26. The summed E-state index contributed by atoms with van der Waals surface area (Å²) in [6, 6.07) is 4.06. The molecule has 72 valence electrons. The van der Waals surface area contributed by atoms with Crippen LogP contribution in [0.5, 0.6) is 0 Å². The summed E-state index contributed by atoms with van der Waals surface area (Å²) in [6.45, 7) is 4.72. The highest BCUT2D eigenvalue weighted by atomic mass is 35.5. The molecule has 0 radical (unpaired) electrons. The standard InChI is InChI=1S/C9H12ClNOS/c1-9(2,6-11-8(10)12)7-4-3-5-13-7/h3-5H,6H2,1-2H3,(H,11,12). The molecule has 0 bridgehead atoms. The fourth-order valence-corrected chi connectivity index (χ4v) is 1.96. The molecule has 1 amide bonds. The molecule has 2 nitrogen and oxygen atoms in total. The van der Waals surface area contributed by atoms with Crippen molar-refractivity contribution in [2.24, 2.45) is 0 Å². The Labute approximate surface area is 86.9 Å². The summed E-state index contributed by atoms with van der Waals surface area (Å²) in [5.41, 5.74) is -0.0429. The van der Waals surface area contributed by atoms with Crippen molar-refractivity contribution in [3.63, 3.8) is 0 Å². The van der Waals surface area contributed by atoms with Crippen LogP contribution in [0.4, 0.5) is 4.79 Å². The van der Waals surface area contributed by atoms with Gasteiger partial charge in [-0.2, -0.15) is 0 Å². The molecule has 0 spiro atoms. The Morgan fingerprint density at radius 3 is 2.85 bits per heavy atom. The van der Waals surface area contributed by atoms with Crippen molar-refractivity contribution >= 4 is 28.3 Å². The quantitative estimate of drug-likeness (QED) is 0.612. The lowest BCUT2D eigenvalue weighted by Gasteiger charge is -2.22. The summed E-state index contributed by atoms with van der Waals surface area (Å²) in [6.07, 6.45) is 0. The summed E-state index contributed by atoms with van der Waals surface area (Å²) >= 11 is 6.89.